The average Bonchev–Trinajstić information content (AvgIpc) is 3.45. The fourth-order valence-corrected chi connectivity index (χ4v) is 5.56. The van der Waals surface area contributed by atoms with Crippen molar-refractivity contribution in [1.82, 2.24) is 19.3 Å². The maximum Gasteiger partial charge on any atom is 0.232 e. The first-order chi connectivity index (χ1) is 15.2. The molecule has 0 spiro atoms. The smallest absolute Gasteiger partial charge is 0.232 e. The van der Waals surface area contributed by atoms with Gasteiger partial charge in [-0.25, -0.2) is 8.42 Å². The van der Waals surface area contributed by atoms with E-state index >= 15 is 0 Å². The average molecular weight is 474 g/mol. The minimum atomic E-state index is -3.50. The van der Waals surface area contributed by atoms with Gasteiger partial charge >= 0.3 is 0 Å². The van der Waals surface area contributed by atoms with E-state index in [2.05, 4.69) is 14.8 Å². The summed E-state index contributed by atoms with van der Waals surface area (Å²) in [4.78, 5) is 12.9. The Morgan fingerprint density at radius 1 is 1.19 bits per heavy atom. The fraction of sp³-hybridized carbons (Fsp3) is 0.409. The summed E-state index contributed by atoms with van der Waals surface area (Å²) < 4.78 is 30.0. The number of carbonyl (C=O) groups is 1. The van der Waals surface area contributed by atoms with Crippen LogP contribution in [0.1, 0.15) is 46.5 Å². The van der Waals surface area contributed by atoms with Crippen LogP contribution in [0.5, 0.6) is 0 Å². The van der Waals surface area contributed by atoms with Gasteiger partial charge in [0.1, 0.15) is 0 Å². The topological polar surface area (TPSA) is 90.1 Å². The molecule has 0 atom stereocenters. The van der Waals surface area contributed by atoms with Crippen molar-refractivity contribution in [1.29, 1.82) is 0 Å². The zero-order valence-corrected chi connectivity index (χ0v) is 20.3. The molecule has 4 rings (SSSR count). The van der Waals surface area contributed by atoms with Gasteiger partial charge in [0.25, 0.3) is 0 Å². The van der Waals surface area contributed by atoms with Crippen LogP contribution in [0.4, 0.5) is 5.69 Å². The van der Waals surface area contributed by atoms with E-state index in [-0.39, 0.29) is 18.1 Å². The highest BCUT2D eigenvalue weighted by molar-refractivity contribution is 7.99. The Labute approximate surface area is 192 Å². The number of para-hydroxylation sites is 1. The quantitative estimate of drug-likeness (QED) is 0.349. The van der Waals surface area contributed by atoms with Crippen molar-refractivity contribution in [2.75, 3.05) is 16.3 Å². The molecule has 2 aromatic heterocycles. The third-order valence-electron chi connectivity index (χ3n) is 5.68. The molecule has 0 aliphatic heterocycles. The second-order valence-corrected chi connectivity index (χ2v) is 11.0. The van der Waals surface area contributed by atoms with Crippen LogP contribution in [0, 0.1) is 13.8 Å². The summed E-state index contributed by atoms with van der Waals surface area (Å²) >= 11 is 1.31. The zero-order valence-electron chi connectivity index (χ0n) is 18.6. The summed E-state index contributed by atoms with van der Waals surface area (Å²) in [5.41, 5.74) is 3.48. The molecule has 8 nitrogen and oxygen atoms in total. The maximum absolute atomic E-state index is 12.9. The van der Waals surface area contributed by atoms with Gasteiger partial charge in [-0.1, -0.05) is 30.0 Å². The third kappa shape index (κ3) is 4.61. The van der Waals surface area contributed by atoms with E-state index in [1.54, 1.807) is 35.9 Å². The number of hydrogen-bond donors (Lipinski definition) is 0. The number of Topliss-reactive ketones (excluding diaryl/α,β-unsaturated/α-hetero) is 1. The summed E-state index contributed by atoms with van der Waals surface area (Å²) in [7, 11) is -1.72. The van der Waals surface area contributed by atoms with Crippen LogP contribution in [0.25, 0.3) is 0 Å². The van der Waals surface area contributed by atoms with Crippen molar-refractivity contribution in [3.05, 3.63) is 59.2 Å². The first-order valence-corrected chi connectivity index (χ1v) is 13.3. The van der Waals surface area contributed by atoms with Gasteiger partial charge in [0.15, 0.2) is 16.8 Å². The van der Waals surface area contributed by atoms with Crippen molar-refractivity contribution in [2.24, 2.45) is 7.05 Å². The second-order valence-electron chi connectivity index (χ2n) is 8.16. The molecule has 3 aromatic rings. The number of aryl methyl sites for hydroxylation is 1. The molecule has 0 N–H and O–H groups in total. The van der Waals surface area contributed by atoms with Gasteiger partial charge in [-0.05, 0) is 44.9 Å². The Hall–Kier alpha value is -2.59. The molecule has 2 heterocycles. The van der Waals surface area contributed by atoms with E-state index in [0.29, 0.717) is 22.7 Å². The van der Waals surface area contributed by atoms with E-state index in [0.717, 1.165) is 17.0 Å². The molecule has 1 saturated carbocycles. The van der Waals surface area contributed by atoms with E-state index in [1.807, 2.05) is 26.0 Å². The van der Waals surface area contributed by atoms with Crippen molar-refractivity contribution in [3.63, 3.8) is 0 Å². The maximum atomic E-state index is 12.9. The Bertz CT molecular complexity index is 1240. The van der Waals surface area contributed by atoms with E-state index in [4.69, 9.17) is 0 Å². The number of rotatable bonds is 9. The van der Waals surface area contributed by atoms with Crippen LogP contribution in [-0.2, 0) is 23.6 Å². The van der Waals surface area contributed by atoms with Gasteiger partial charge in [-0.3, -0.25) is 9.10 Å². The summed E-state index contributed by atoms with van der Waals surface area (Å²) in [5, 5.41) is 8.95. The number of carbonyl (C=O) groups excluding carboxylic acids is 1. The fourth-order valence-electron chi connectivity index (χ4n) is 3.89. The summed E-state index contributed by atoms with van der Waals surface area (Å²) in [6.07, 6.45) is 3.52. The second kappa shape index (κ2) is 8.74. The summed E-state index contributed by atoms with van der Waals surface area (Å²) in [6.45, 7) is 4.11. The predicted octanol–water partition coefficient (Wildman–Crippen LogP) is 3.51. The number of thioether (sulfide) groups is 1. The standard InChI is InChI=1S/C22H27N5O3S2/c1-15-12-19(16(2)27(15)18-10-11-18)20(28)14-31-22-24-23-21(25(22)3)13-26(32(4,29)30)17-8-6-5-7-9-17/h5-9,12,18H,10-11,13-14H2,1-4H3. The predicted molar refractivity (Wildman–Crippen MR) is 126 cm³/mol. The lowest BCUT2D eigenvalue weighted by atomic mass is 10.2. The van der Waals surface area contributed by atoms with Gasteiger partial charge in [-0.15, -0.1) is 10.2 Å². The number of benzene rings is 1. The lowest BCUT2D eigenvalue weighted by Crippen LogP contribution is -2.30. The molecule has 0 radical (unpaired) electrons. The van der Waals surface area contributed by atoms with Gasteiger partial charge in [0.2, 0.25) is 10.0 Å². The molecule has 1 aromatic carbocycles. The molecule has 0 bridgehead atoms. The van der Waals surface area contributed by atoms with Crippen LogP contribution >= 0.6 is 11.8 Å². The van der Waals surface area contributed by atoms with E-state index in [9.17, 15) is 13.2 Å². The molecule has 0 amide bonds. The van der Waals surface area contributed by atoms with Crippen LogP contribution in [-0.4, -0.2) is 45.5 Å². The lowest BCUT2D eigenvalue weighted by Gasteiger charge is -2.21. The van der Waals surface area contributed by atoms with Gasteiger partial charge in [-0.2, -0.15) is 0 Å². The summed E-state index contributed by atoms with van der Waals surface area (Å²) in [5.74, 6) is 0.804. The van der Waals surface area contributed by atoms with E-state index < -0.39 is 10.0 Å². The molecule has 0 saturated heterocycles. The molecule has 1 aliphatic rings. The van der Waals surface area contributed by atoms with E-state index in [1.165, 1.54) is 35.2 Å². The lowest BCUT2D eigenvalue weighted by molar-refractivity contribution is 0.102. The van der Waals surface area contributed by atoms with Crippen molar-refractivity contribution in [3.8, 4) is 0 Å². The first kappa shape index (κ1) is 22.6. The van der Waals surface area contributed by atoms with Crippen LogP contribution in [0.3, 0.4) is 0 Å². The number of sulfonamides is 1. The van der Waals surface area contributed by atoms with Crippen molar-refractivity contribution in [2.45, 2.75) is 44.4 Å². The van der Waals surface area contributed by atoms with Crippen LogP contribution in [0.15, 0.2) is 41.6 Å². The Kier molecular flexibility index (Phi) is 6.17. The Balaban J connectivity index is 1.47. The van der Waals surface area contributed by atoms with Crippen molar-refractivity contribution >= 4 is 33.3 Å². The number of aromatic nitrogens is 4. The third-order valence-corrected chi connectivity index (χ3v) is 7.84. The Morgan fingerprint density at radius 3 is 2.50 bits per heavy atom. The largest absolute Gasteiger partial charge is 0.345 e. The molecule has 1 aliphatic carbocycles. The molecule has 0 unspecified atom stereocenters. The van der Waals surface area contributed by atoms with Gasteiger partial charge < -0.3 is 9.13 Å². The minimum Gasteiger partial charge on any atom is -0.345 e. The highest BCUT2D eigenvalue weighted by atomic mass is 32.2. The SMILES string of the molecule is Cc1cc(C(=O)CSc2nnc(CN(c3ccccc3)S(C)(=O)=O)n2C)c(C)n1C1CC1. The number of anilines is 1. The minimum absolute atomic E-state index is 0.0570. The van der Waals surface area contributed by atoms with Gasteiger partial charge in [0.05, 0.1) is 24.2 Å². The highest BCUT2D eigenvalue weighted by Crippen LogP contribution is 2.38. The Morgan fingerprint density at radius 2 is 1.88 bits per heavy atom. The highest BCUT2D eigenvalue weighted by Gasteiger charge is 2.28. The molecule has 170 valence electrons. The number of ketones is 1. The van der Waals surface area contributed by atoms with Crippen LogP contribution < -0.4 is 4.31 Å². The first-order valence-electron chi connectivity index (χ1n) is 10.4. The monoisotopic (exact) mass is 473 g/mol. The van der Waals surface area contributed by atoms with Crippen molar-refractivity contribution < 1.29 is 13.2 Å². The molecule has 32 heavy (non-hydrogen) atoms. The van der Waals surface area contributed by atoms with Gasteiger partial charge in [0, 0.05) is 30.0 Å². The summed E-state index contributed by atoms with van der Waals surface area (Å²) in [6, 6.07) is 11.4. The molecular weight excluding hydrogens is 446 g/mol. The molecular formula is C22H27N5O3S2. The van der Waals surface area contributed by atoms with Crippen LogP contribution in [0.2, 0.25) is 0 Å². The number of hydrogen-bond acceptors (Lipinski definition) is 6. The molecule has 10 heteroatoms. The molecule has 1 fully saturated rings. The number of nitrogens with zero attached hydrogens (tertiary/aromatic N) is 5. The normalized spacial score (nSPS) is 14.0. The zero-order chi connectivity index (χ0) is 23.0.